The molecule has 2 aromatic rings. The van der Waals surface area contributed by atoms with Crippen LogP contribution >= 0.6 is 11.3 Å². The zero-order valence-corrected chi connectivity index (χ0v) is 12.9. The van der Waals surface area contributed by atoms with Crippen molar-refractivity contribution < 1.29 is 14.3 Å². The predicted molar refractivity (Wildman–Crippen MR) is 86.0 cm³/mol. The van der Waals surface area contributed by atoms with E-state index >= 15 is 0 Å². The van der Waals surface area contributed by atoms with Gasteiger partial charge < -0.3 is 15.4 Å². The van der Waals surface area contributed by atoms with Crippen LogP contribution in [0, 0.1) is 0 Å². The van der Waals surface area contributed by atoms with E-state index in [1.165, 1.54) is 0 Å². The number of carbonyl (C=O) groups excluding carboxylic acids is 2. The Morgan fingerprint density at radius 3 is 2.36 bits per heavy atom. The van der Waals surface area contributed by atoms with E-state index in [0.717, 1.165) is 4.88 Å². The fraction of sp³-hybridized carbons (Fsp3) is 0.250. The third kappa shape index (κ3) is 5.97. The van der Waals surface area contributed by atoms with Crippen LogP contribution in [-0.2, 0) is 16.0 Å². The molecule has 0 aliphatic carbocycles. The highest BCUT2D eigenvalue weighted by atomic mass is 32.1. The van der Waals surface area contributed by atoms with Gasteiger partial charge in [0.1, 0.15) is 5.75 Å². The van der Waals surface area contributed by atoms with Gasteiger partial charge in [-0.25, -0.2) is 0 Å². The monoisotopic (exact) mass is 318 g/mol. The van der Waals surface area contributed by atoms with Crippen molar-refractivity contribution >= 4 is 23.2 Å². The lowest BCUT2D eigenvalue weighted by Crippen LogP contribution is -2.37. The van der Waals surface area contributed by atoms with Crippen LogP contribution < -0.4 is 15.4 Å². The third-order valence-corrected chi connectivity index (χ3v) is 3.67. The van der Waals surface area contributed by atoms with Crippen molar-refractivity contribution in [3.63, 3.8) is 0 Å². The topological polar surface area (TPSA) is 67.4 Å². The van der Waals surface area contributed by atoms with E-state index in [1.807, 2.05) is 35.7 Å². The van der Waals surface area contributed by atoms with Crippen LogP contribution in [-0.4, -0.2) is 31.5 Å². The lowest BCUT2D eigenvalue weighted by Gasteiger charge is -2.08. The van der Waals surface area contributed by atoms with Crippen LogP contribution in [0.1, 0.15) is 4.88 Å². The summed E-state index contributed by atoms with van der Waals surface area (Å²) in [6.07, 6.45) is 0.378. The summed E-state index contributed by atoms with van der Waals surface area (Å²) >= 11 is 1.55. The highest BCUT2D eigenvalue weighted by Gasteiger charge is 2.05. The first-order chi connectivity index (χ1) is 10.7. The van der Waals surface area contributed by atoms with E-state index in [4.69, 9.17) is 4.74 Å². The molecular weight excluding hydrogens is 300 g/mol. The van der Waals surface area contributed by atoms with Gasteiger partial charge in [-0.3, -0.25) is 9.59 Å². The first kappa shape index (κ1) is 16.0. The number of carbonyl (C=O) groups is 2. The van der Waals surface area contributed by atoms with Gasteiger partial charge in [0.15, 0.2) is 6.61 Å². The largest absolute Gasteiger partial charge is 0.484 e. The number of hydrogen-bond acceptors (Lipinski definition) is 4. The average molecular weight is 318 g/mol. The molecule has 2 rings (SSSR count). The minimum Gasteiger partial charge on any atom is -0.484 e. The van der Waals surface area contributed by atoms with Crippen LogP contribution in [0.25, 0.3) is 0 Å². The third-order valence-electron chi connectivity index (χ3n) is 2.80. The van der Waals surface area contributed by atoms with Crippen LogP contribution in [0.5, 0.6) is 5.75 Å². The SMILES string of the molecule is O=C(COc1ccccc1)NCCNC(=O)Cc1cccs1. The number of nitrogens with one attached hydrogen (secondary N) is 2. The molecule has 0 unspecified atom stereocenters. The standard InChI is InChI=1S/C16H18N2O3S/c19-15(11-14-7-4-10-22-14)17-8-9-18-16(20)12-21-13-5-2-1-3-6-13/h1-7,10H,8-9,11-12H2,(H,17,19)(H,18,20). The zero-order valence-electron chi connectivity index (χ0n) is 12.1. The van der Waals surface area contributed by atoms with Crippen molar-refractivity contribution in [1.82, 2.24) is 10.6 Å². The van der Waals surface area contributed by atoms with Crippen LogP contribution in [0.3, 0.4) is 0 Å². The summed E-state index contributed by atoms with van der Waals surface area (Å²) in [7, 11) is 0. The van der Waals surface area contributed by atoms with E-state index in [2.05, 4.69) is 10.6 Å². The summed E-state index contributed by atoms with van der Waals surface area (Å²) in [5, 5.41) is 7.39. The molecule has 0 aliphatic rings. The number of hydrogen-bond donors (Lipinski definition) is 2. The number of amides is 2. The van der Waals surface area contributed by atoms with Crippen molar-refractivity contribution in [3.05, 3.63) is 52.7 Å². The Morgan fingerprint density at radius 1 is 0.955 bits per heavy atom. The Bertz CT molecular complexity index is 585. The average Bonchev–Trinajstić information content (AvgIpc) is 3.03. The second kappa shape index (κ2) is 8.84. The molecule has 0 saturated heterocycles. The molecule has 0 bridgehead atoms. The minimum atomic E-state index is -0.212. The second-order valence-corrected chi connectivity index (χ2v) is 5.59. The number of thiophene rings is 1. The summed E-state index contributed by atoms with van der Waals surface area (Å²) in [6.45, 7) is 0.752. The van der Waals surface area contributed by atoms with E-state index in [9.17, 15) is 9.59 Å². The first-order valence-corrected chi connectivity index (χ1v) is 7.85. The molecule has 5 nitrogen and oxygen atoms in total. The molecule has 0 aliphatic heterocycles. The smallest absolute Gasteiger partial charge is 0.258 e. The summed E-state index contributed by atoms with van der Waals surface area (Å²) in [5.74, 6) is 0.399. The summed E-state index contributed by atoms with van der Waals surface area (Å²) in [5.41, 5.74) is 0. The lowest BCUT2D eigenvalue weighted by molar-refractivity contribution is -0.124. The number of rotatable bonds is 8. The Labute approximate surface area is 133 Å². The summed E-state index contributed by atoms with van der Waals surface area (Å²) < 4.78 is 5.32. The number of benzene rings is 1. The molecule has 1 heterocycles. The Balaban J connectivity index is 1.54. The van der Waals surface area contributed by atoms with Crippen molar-refractivity contribution in [3.8, 4) is 5.75 Å². The summed E-state index contributed by atoms with van der Waals surface area (Å²) in [4.78, 5) is 24.2. The van der Waals surface area contributed by atoms with Crippen molar-refractivity contribution in [1.29, 1.82) is 0 Å². The molecule has 2 amide bonds. The van der Waals surface area contributed by atoms with Gasteiger partial charge in [0.2, 0.25) is 5.91 Å². The molecule has 0 spiro atoms. The highest BCUT2D eigenvalue weighted by molar-refractivity contribution is 7.10. The van der Waals surface area contributed by atoms with Gasteiger partial charge in [-0.1, -0.05) is 24.3 Å². The van der Waals surface area contributed by atoms with Gasteiger partial charge in [-0.15, -0.1) is 11.3 Å². The molecular formula is C16H18N2O3S. The molecule has 1 aromatic heterocycles. The molecule has 6 heteroatoms. The van der Waals surface area contributed by atoms with Crippen LogP contribution in [0.15, 0.2) is 47.8 Å². The van der Waals surface area contributed by atoms with Gasteiger partial charge >= 0.3 is 0 Å². The predicted octanol–water partition coefficient (Wildman–Crippen LogP) is 1.60. The molecule has 1 aromatic carbocycles. The number of ether oxygens (including phenoxy) is 1. The molecule has 2 N–H and O–H groups in total. The maximum Gasteiger partial charge on any atom is 0.258 e. The number of para-hydroxylation sites is 1. The molecule has 0 fully saturated rings. The van der Waals surface area contributed by atoms with E-state index in [0.29, 0.717) is 25.3 Å². The van der Waals surface area contributed by atoms with Gasteiger partial charge in [0.25, 0.3) is 5.91 Å². The first-order valence-electron chi connectivity index (χ1n) is 6.97. The van der Waals surface area contributed by atoms with Crippen LogP contribution in [0.4, 0.5) is 0 Å². The van der Waals surface area contributed by atoms with Gasteiger partial charge in [-0.05, 0) is 23.6 Å². The lowest BCUT2D eigenvalue weighted by atomic mass is 10.3. The van der Waals surface area contributed by atoms with E-state index in [1.54, 1.807) is 23.5 Å². The van der Waals surface area contributed by atoms with Crippen molar-refractivity contribution in [2.45, 2.75) is 6.42 Å². The van der Waals surface area contributed by atoms with E-state index < -0.39 is 0 Å². The fourth-order valence-corrected chi connectivity index (χ4v) is 2.46. The highest BCUT2D eigenvalue weighted by Crippen LogP contribution is 2.08. The Hall–Kier alpha value is -2.34. The van der Waals surface area contributed by atoms with Crippen LogP contribution in [0.2, 0.25) is 0 Å². The Morgan fingerprint density at radius 2 is 1.68 bits per heavy atom. The molecule has 116 valence electrons. The molecule has 0 radical (unpaired) electrons. The summed E-state index contributed by atoms with van der Waals surface area (Å²) in [6, 6.07) is 13.0. The Kier molecular flexibility index (Phi) is 6.44. The van der Waals surface area contributed by atoms with Crippen molar-refractivity contribution in [2.24, 2.45) is 0 Å². The fourth-order valence-electron chi connectivity index (χ4n) is 1.75. The second-order valence-electron chi connectivity index (χ2n) is 4.56. The van der Waals surface area contributed by atoms with Gasteiger partial charge in [-0.2, -0.15) is 0 Å². The van der Waals surface area contributed by atoms with Gasteiger partial charge in [0, 0.05) is 18.0 Å². The maximum absolute atomic E-state index is 11.6. The normalized spacial score (nSPS) is 10.0. The quantitative estimate of drug-likeness (QED) is 0.727. The minimum absolute atomic E-state index is 0.0346. The molecule has 0 atom stereocenters. The zero-order chi connectivity index (χ0) is 15.6. The maximum atomic E-state index is 11.6. The molecule has 0 saturated carbocycles. The molecule has 22 heavy (non-hydrogen) atoms. The van der Waals surface area contributed by atoms with Crippen molar-refractivity contribution in [2.75, 3.05) is 19.7 Å². The van der Waals surface area contributed by atoms with E-state index in [-0.39, 0.29) is 18.4 Å². The van der Waals surface area contributed by atoms with Gasteiger partial charge in [0.05, 0.1) is 6.42 Å².